The van der Waals surface area contributed by atoms with Gasteiger partial charge < -0.3 is 5.32 Å². The van der Waals surface area contributed by atoms with Crippen molar-refractivity contribution in [3.63, 3.8) is 0 Å². The van der Waals surface area contributed by atoms with E-state index >= 15 is 0 Å². The van der Waals surface area contributed by atoms with E-state index in [0.29, 0.717) is 21.3 Å². The summed E-state index contributed by atoms with van der Waals surface area (Å²) >= 11 is 17.0. The molecule has 0 heterocycles. The summed E-state index contributed by atoms with van der Waals surface area (Å²) in [5, 5.41) is 6.36. The topological polar surface area (TPSA) is 41.1 Å². The highest BCUT2D eigenvalue weighted by molar-refractivity contribution is 7.80. The van der Waals surface area contributed by atoms with Gasteiger partial charge in [0.05, 0.1) is 15.7 Å². The van der Waals surface area contributed by atoms with Crippen LogP contribution >= 0.6 is 35.4 Å². The molecule has 0 aliphatic rings. The van der Waals surface area contributed by atoms with Crippen LogP contribution in [0.3, 0.4) is 0 Å². The number of halogens is 2. The summed E-state index contributed by atoms with van der Waals surface area (Å²) in [5.41, 5.74) is 2.15. The van der Waals surface area contributed by atoms with Gasteiger partial charge in [-0.2, -0.15) is 0 Å². The molecule has 0 radical (unpaired) electrons. The van der Waals surface area contributed by atoms with Crippen LogP contribution in [0.2, 0.25) is 10.0 Å². The van der Waals surface area contributed by atoms with Crippen molar-refractivity contribution < 1.29 is 4.79 Å². The minimum Gasteiger partial charge on any atom is -0.331 e. The average molecular weight is 339 g/mol. The van der Waals surface area contributed by atoms with Gasteiger partial charge in [-0.25, -0.2) is 0 Å². The van der Waals surface area contributed by atoms with Crippen LogP contribution in [0, 0.1) is 6.92 Å². The lowest BCUT2D eigenvalue weighted by Crippen LogP contribution is -2.34. The first-order chi connectivity index (χ1) is 9.97. The smallest absolute Gasteiger partial charge is 0.257 e. The molecule has 3 nitrogen and oxygen atoms in total. The number of carbonyl (C=O) groups excluding carboxylic acids is 1. The Kier molecular flexibility index (Phi) is 5.17. The third-order valence-corrected chi connectivity index (χ3v) is 3.76. The number of anilines is 1. The quantitative estimate of drug-likeness (QED) is 0.796. The second kappa shape index (κ2) is 6.89. The SMILES string of the molecule is Cc1ccc(C(=O)NC(=S)Nc2cccc(Cl)c2Cl)cc1. The van der Waals surface area contributed by atoms with Gasteiger partial charge in [-0.3, -0.25) is 10.1 Å². The second-order valence-electron chi connectivity index (χ2n) is 4.38. The van der Waals surface area contributed by atoms with E-state index < -0.39 is 0 Å². The fraction of sp³-hybridized carbons (Fsp3) is 0.0667. The summed E-state index contributed by atoms with van der Waals surface area (Å²) < 4.78 is 0. The third kappa shape index (κ3) is 4.17. The molecule has 6 heteroatoms. The summed E-state index contributed by atoms with van der Waals surface area (Å²) in [6, 6.07) is 12.3. The molecule has 0 aromatic heterocycles. The van der Waals surface area contributed by atoms with Crippen molar-refractivity contribution in [1.82, 2.24) is 5.32 Å². The highest BCUT2D eigenvalue weighted by Gasteiger charge is 2.10. The monoisotopic (exact) mass is 338 g/mol. The largest absolute Gasteiger partial charge is 0.331 e. The molecule has 2 N–H and O–H groups in total. The Balaban J connectivity index is 2.03. The predicted octanol–water partition coefficient (Wildman–Crippen LogP) is 4.43. The lowest BCUT2D eigenvalue weighted by Gasteiger charge is -2.11. The predicted molar refractivity (Wildman–Crippen MR) is 91.3 cm³/mol. The van der Waals surface area contributed by atoms with Gasteiger partial charge in [0.1, 0.15) is 0 Å². The Morgan fingerprint density at radius 1 is 1.10 bits per heavy atom. The van der Waals surface area contributed by atoms with Crippen molar-refractivity contribution >= 4 is 52.1 Å². The van der Waals surface area contributed by atoms with Crippen LogP contribution in [-0.2, 0) is 0 Å². The lowest BCUT2D eigenvalue weighted by molar-refractivity contribution is 0.0978. The molecule has 0 spiro atoms. The molecule has 0 unspecified atom stereocenters. The summed E-state index contributed by atoms with van der Waals surface area (Å²) in [5.74, 6) is -0.286. The number of hydrogen-bond acceptors (Lipinski definition) is 2. The zero-order valence-electron chi connectivity index (χ0n) is 11.1. The van der Waals surface area contributed by atoms with Crippen LogP contribution in [0.15, 0.2) is 42.5 Å². The molecule has 2 aromatic rings. The molecule has 0 atom stereocenters. The van der Waals surface area contributed by atoms with Crippen molar-refractivity contribution in [2.24, 2.45) is 0 Å². The van der Waals surface area contributed by atoms with Gasteiger partial charge in [0, 0.05) is 5.56 Å². The molecular formula is C15H12Cl2N2OS. The lowest BCUT2D eigenvalue weighted by atomic mass is 10.1. The summed E-state index contributed by atoms with van der Waals surface area (Å²) in [7, 11) is 0. The maximum absolute atomic E-state index is 12.0. The van der Waals surface area contributed by atoms with E-state index in [2.05, 4.69) is 10.6 Å². The van der Waals surface area contributed by atoms with Crippen molar-refractivity contribution in [1.29, 1.82) is 0 Å². The van der Waals surface area contributed by atoms with E-state index in [4.69, 9.17) is 35.4 Å². The molecule has 108 valence electrons. The average Bonchev–Trinajstić information content (AvgIpc) is 2.44. The maximum Gasteiger partial charge on any atom is 0.257 e. The Hall–Kier alpha value is -1.62. The summed E-state index contributed by atoms with van der Waals surface area (Å²) in [6.45, 7) is 1.95. The number of carbonyl (C=O) groups is 1. The van der Waals surface area contributed by atoms with Crippen LogP contribution in [0.1, 0.15) is 15.9 Å². The highest BCUT2D eigenvalue weighted by Crippen LogP contribution is 2.29. The number of benzene rings is 2. The molecule has 0 bridgehead atoms. The second-order valence-corrected chi connectivity index (χ2v) is 5.57. The number of thiocarbonyl (C=S) groups is 1. The van der Waals surface area contributed by atoms with Crippen LogP contribution in [0.25, 0.3) is 0 Å². The van der Waals surface area contributed by atoms with E-state index in [0.717, 1.165) is 5.56 Å². The Morgan fingerprint density at radius 3 is 2.43 bits per heavy atom. The molecular weight excluding hydrogens is 327 g/mol. The first-order valence-electron chi connectivity index (χ1n) is 6.10. The molecule has 0 fully saturated rings. The Labute approximate surface area is 138 Å². The maximum atomic E-state index is 12.0. The van der Waals surface area contributed by atoms with Gasteiger partial charge in [-0.15, -0.1) is 0 Å². The van der Waals surface area contributed by atoms with Gasteiger partial charge in [0.15, 0.2) is 5.11 Å². The minimum absolute atomic E-state index is 0.157. The van der Waals surface area contributed by atoms with Gasteiger partial charge >= 0.3 is 0 Å². The Morgan fingerprint density at radius 2 is 1.76 bits per heavy atom. The minimum atomic E-state index is -0.286. The van der Waals surface area contributed by atoms with Gasteiger partial charge in [-0.05, 0) is 43.4 Å². The van der Waals surface area contributed by atoms with Gasteiger partial charge in [-0.1, -0.05) is 47.0 Å². The normalized spacial score (nSPS) is 10.0. The van der Waals surface area contributed by atoms with Crippen LogP contribution in [-0.4, -0.2) is 11.0 Å². The van der Waals surface area contributed by atoms with Crippen molar-refractivity contribution in [2.45, 2.75) is 6.92 Å². The summed E-state index contributed by atoms with van der Waals surface area (Å²) in [6.07, 6.45) is 0. The molecule has 0 aliphatic carbocycles. The van der Waals surface area contributed by atoms with Crippen LogP contribution in [0.5, 0.6) is 0 Å². The fourth-order valence-electron chi connectivity index (χ4n) is 1.63. The third-order valence-electron chi connectivity index (χ3n) is 2.74. The van der Waals surface area contributed by atoms with Crippen molar-refractivity contribution in [2.75, 3.05) is 5.32 Å². The molecule has 0 aliphatic heterocycles. The van der Waals surface area contributed by atoms with Crippen LogP contribution in [0.4, 0.5) is 5.69 Å². The van der Waals surface area contributed by atoms with Gasteiger partial charge in [0.2, 0.25) is 0 Å². The van der Waals surface area contributed by atoms with E-state index in [9.17, 15) is 4.79 Å². The molecule has 0 saturated carbocycles. The molecule has 2 aromatic carbocycles. The highest BCUT2D eigenvalue weighted by atomic mass is 35.5. The van der Waals surface area contributed by atoms with E-state index in [1.165, 1.54) is 0 Å². The number of rotatable bonds is 2. The van der Waals surface area contributed by atoms with Gasteiger partial charge in [0.25, 0.3) is 5.91 Å². The Bertz CT molecular complexity index is 687. The van der Waals surface area contributed by atoms with E-state index in [1.54, 1.807) is 30.3 Å². The molecule has 2 rings (SSSR count). The zero-order chi connectivity index (χ0) is 15.4. The molecule has 21 heavy (non-hydrogen) atoms. The zero-order valence-corrected chi connectivity index (χ0v) is 13.4. The van der Waals surface area contributed by atoms with Crippen molar-refractivity contribution in [3.8, 4) is 0 Å². The summed E-state index contributed by atoms with van der Waals surface area (Å²) in [4.78, 5) is 12.0. The van der Waals surface area contributed by atoms with Crippen LogP contribution < -0.4 is 10.6 Å². The number of aryl methyl sites for hydroxylation is 1. The first-order valence-corrected chi connectivity index (χ1v) is 7.27. The number of nitrogens with one attached hydrogen (secondary N) is 2. The fourth-order valence-corrected chi connectivity index (χ4v) is 2.18. The first kappa shape index (κ1) is 15.8. The van der Waals surface area contributed by atoms with Crippen molar-refractivity contribution in [3.05, 3.63) is 63.6 Å². The molecule has 1 amide bonds. The molecule has 0 saturated heterocycles. The standard InChI is InChI=1S/C15H12Cl2N2OS/c1-9-5-7-10(8-6-9)14(20)19-15(21)18-12-4-2-3-11(16)13(12)17/h2-8H,1H3,(H2,18,19,20,21). The van der Waals surface area contributed by atoms with E-state index in [1.807, 2.05) is 19.1 Å². The van der Waals surface area contributed by atoms with E-state index in [-0.39, 0.29) is 11.0 Å². The number of hydrogen-bond donors (Lipinski definition) is 2. The number of amides is 1.